The minimum Gasteiger partial charge on any atom is -0.309 e. The summed E-state index contributed by atoms with van der Waals surface area (Å²) in [4.78, 5) is 0. The number of benzene rings is 3. The average molecular weight is 313 g/mol. The molecule has 0 saturated carbocycles. The van der Waals surface area contributed by atoms with Crippen LogP contribution < -0.4 is 0 Å². The van der Waals surface area contributed by atoms with Crippen LogP contribution in [-0.4, -0.2) is 4.57 Å². The Labute approximate surface area is 143 Å². The van der Waals surface area contributed by atoms with E-state index in [0.29, 0.717) is 5.41 Å². The SMILES string of the molecule is CC(C)(C)Cc1ccc(-n2c3ccccc3c3ccccc32)cc1. The van der Waals surface area contributed by atoms with Crippen molar-refractivity contribution in [1.29, 1.82) is 0 Å². The van der Waals surface area contributed by atoms with Crippen LogP contribution >= 0.6 is 0 Å². The van der Waals surface area contributed by atoms with Gasteiger partial charge in [0.05, 0.1) is 11.0 Å². The minimum absolute atomic E-state index is 0.314. The van der Waals surface area contributed by atoms with Crippen molar-refractivity contribution in [3.63, 3.8) is 0 Å². The van der Waals surface area contributed by atoms with Gasteiger partial charge in [0.25, 0.3) is 0 Å². The van der Waals surface area contributed by atoms with Crippen molar-refractivity contribution in [2.75, 3.05) is 0 Å². The molecule has 0 atom stereocenters. The molecule has 0 spiro atoms. The summed E-state index contributed by atoms with van der Waals surface area (Å²) >= 11 is 0. The van der Waals surface area contributed by atoms with E-state index in [4.69, 9.17) is 0 Å². The maximum atomic E-state index is 2.37. The molecule has 24 heavy (non-hydrogen) atoms. The molecule has 4 rings (SSSR count). The van der Waals surface area contributed by atoms with E-state index in [1.54, 1.807) is 0 Å². The summed E-state index contributed by atoms with van der Waals surface area (Å²) < 4.78 is 2.37. The Morgan fingerprint density at radius 3 is 1.67 bits per heavy atom. The lowest BCUT2D eigenvalue weighted by atomic mass is 9.88. The second kappa shape index (κ2) is 5.52. The Kier molecular flexibility index (Phi) is 3.45. The van der Waals surface area contributed by atoms with E-state index in [0.717, 1.165) is 6.42 Å². The van der Waals surface area contributed by atoms with Crippen LogP contribution in [0.3, 0.4) is 0 Å². The van der Waals surface area contributed by atoms with Crippen LogP contribution in [0.4, 0.5) is 0 Å². The summed E-state index contributed by atoms with van der Waals surface area (Å²) in [7, 11) is 0. The molecule has 3 aromatic carbocycles. The summed E-state index contributed by atoms with van der Waals surface area (Å²) in [6.07, 6.45) is 1.10. The van der Waals surface area contributed by atoms with Gasteiger partial charge < -0.3 is 4.57 Å². The van der Waals surface area contributed by atoms with Gasteiger partial charge in [-0.15, -0.1) is 0 Å². The monoisotopic (exact) mass is 313 g/mol. The van der Waals surface area contributed by atoms with Crippen molar-refractivity contribution < 1.29 is 0 Å². The Morgan fingerprint density at radius 1 is 0.667 bits per heavy atom. The van der Waals surface area contributed by atoms with Crippen molar-refractivity contribution in [2.45, 2.75) is 27.2 Å². The Balaban J connectivity index is 1.89. The van der Waals surface area contributed by atoms with Gasteiger partial charge in [-0.1, -0.05) is 69.3 Å². The Morgan fingerprint density at radius 2 is 1.17 bits per heavy atom. The predicted octanol–water partition coefficient (Wildman–Crippen LogP) is 6.37. The third kappa shape index (κ3) is 2.60. The van der Waals surface area contributed by atoms with Crippen LogP contribution in [0.1, 0.15) is 26.3 Å². The summed E-state index contributed by atoms with van der Waals surface area (Å²) in [5.41, 5.74) is 5.47. The lowest BCUT2D eigenvalue weighted by Crippen LogP contribution is -2.09. The Hall–Kier alpha value is -2.54. The zero-order chi connectivity index (χ0) is 16.7. The van der Waals surface area contributed by atoms with Gasteiger partial charge >= 0.3 is 0 Å². The number of rotatable bonds is 2. The average Bonchev–Trinajstić information content (AvgIpc) is 2.89. The standard InChI is InChI=1S/C23H23N/c1-23(2,3)16-17-12-14-18(15-13-17)24-21-10-6-4-8-19(21)20-9-5-7-11-22(20)24/h4-15H,16H2,1-3H3. The number of para-hydroxylation sites is 2. The summed E-state index contributed by atoms with van der Waals surface area (Å²) in [5.74, 6) is 0. The highest BCUT2D eigenvalue weighted by atomic mass is 15.0. The van der Waals surface area contributed by atoms with Crippen molar-refractivity contribution in [2.24, 2.45) is 5.41 Å². The molecular weight excluding hydrogens is 290 g/mol. The molecule has 4 aromatic rings. The van der Waals surface area contributed by atoms with Gasteiger partial charge in [-0.25, -0.2) is 0 Å². The summed E-state index contributed by atoms with van der Waals surface area (Å²) in [6, 6.07) is 26.3. The molecule has 0 amide bonds. The summed E-state index contributed by atoms with van der Waals surface area (Å²) in [6.45, 7) is 6.86. The minimum atomic E-state index is 0.314. The number of fused-ring (bicyclic) bond motifs is 3. The first-order valence-corrected chi connectivity index (χ1v) is 8.60. The van der Waals surface area contributed by atoms with Gasteiger partial charge in [0.15, 0.2) is 0 Å². The van der Waals surface area contributed by atoms with Gasteiger partial charge in [-0.2, -0.15) is 0 Å². The van der Waals surface area contributed by atoms with Gasteiger partial charge in [0.2, 0.25) is 0 Å². The zero-order valence-corrected chi connectivity index (χ0v) is 14.6. The van der Waals surface area contributed by atoms with Crippen LogP contribution in [0, 0.1) is 5.41 Å². The number of nitrogens with zero attached hydrogens (tertiary/aromatic N) is 1. The third-order valence-electron chi connectivity index (χ3n) is 4.51. The van der Waals surface area contributed by atoms with Crippen molar-refractivity contribution in [3.8, 4) is 5.69 Å². The molecule has 0 aliphatic heterocycles. The van der Waals surface area contributed by atoms with Gasteiger partial charge in [0.1, 0.15) is 0 Å². The lowest BCUT2D eigenvalue weighted by Gasteiger charge is -2.18. The first-order valence-electron chi connectivity index (χ1n) is 8.60. The highest BCUT2D eigenvalue weighted by molar-refractivity contribution is 6.09. The highest BCUT2D eigenvalue weighted by Crippen LogP contribution is 2.32. The van der Waals surface area contributed by atoms with E-state index in [1.165, 1.54) is 33.1 Å². The molecule has 0 aliphatic rings. The predicted molar refractivity (Wildman–Crippen MR) is 104 cm³/mol. The second-order valence-corrected chi connectivity index (χ2v) is 7.77. The zero-order valence-electron chi connectivity index (χ0n) is 14.6. The molecule has 1 nitrogen and oxygen atoms in total. The van der Waals surface area contributed by atoms with Crippen LogP contribution in [0.15, 0.2) is 72.8 Å². The van der Waals surface area contributed by atoms with E-state index in [9.17, 15) is 0 Å². The molecule has 0 N–H and O–H groups in total. The van der Waals surface area contributed by atoms with Crippen LogP contribution in [0.2, 0.25) is 0 Å². The van der Waals surface area contributed by atoms with Crippen LogP contribution in [-0.2, 0) is 6.42 Å². The molecule has 0 aliphatic carbocycles. The largest absolute Gasteiger partial charge is 0.309 e. The first-order chi connectivity index (χ1) is 11.5. The van der Waals surface area contributed by atoms with E-state index in [-0.39, 0.29) is 0 Å². The molecular formula is C23H23N. The van der Waals surface area contributed by atoms with Crippen molar-refractivity contribution >= 4 is 21.8 Å². The normalized spacial score (nSPS) is 12.1. The summed E-state index contributed by atoms with van der Waals surface area (Å²) in [5, 5.41) is 2.62. The number of hydrogen-bond donors (Lipinski definition) is 0. The van der Waals surface area contributed by atoms with Crippen LogP contribution in [0.5, 0.6) is 0 Å². The number of aromatic nitrogens is 1. The lowest BCUT2D eigenvalue weighted by molar-refractivity contribution is 0.411. The fraction of sp³-hybridized carbons (Fsp3) is 0.217. The van der Waals surface area contributed by atoms with E-state index < -0.39 is 0 Å². The molecule has 0 unspecified atom stereocenters. The smallest absolute Gasteiger partial charge is 0.0541 e. The van der Waals surface area contributed by atoms with Gasteiger partial charge in [-0.3, -0.25) is 0 Å². The quantitative estimate of drug-likeness (QED) is 0.405. The molecule has 0 saturated heterocycles. The molecule has 0 bridgehead atoms. The molecule has 1 aromatic heterocycles. The maximum Gasteiger partial charge on any atom is 0.0541 e. The second-order valence-electron chi connectivity index (χ2n) is 7.77. The Bertz CT molecular complexity index is 945. The molecule has 1 heterocycles. The third-order valence-corrected chi connectivity index (χ3v) is 4.51. The maximum absolute atomic E-state index is 2.37. The topological polar surface area (TPSA) is 4.93 Å². The molecule has 0 fully saturated rings. The van der Waals surface area contributed by atoms with Gasteiger partial charge in [0, 0.05) is 16.5 Å². The first kappa shape index (κ1) is 15.0. The van der Waals surface area contributed by atoms with Crippen LogP contribution in [0.25, 0.3) is 27.5 Å². The fourth-order valence-electron chi connectivity index (χ4n) is 3.58. The molecule has 120 valence electrons. The van der Waals surface area contributed by atoms with Crippen molar-refractivity contribution in [1.82, 2.24) is 4.57 Å². The fourth-order valence-corrected chi connectivity index (χ4v) is 3.58. The molecule has 1 heteroatoms. The van der Waals surface area contributed by atoms with E-state index in [2.05, 4.69) is 98.1 Å². The molecule has 0 radical (unpaired) electrons. The van der Waals surface area contributed by atoms with Gasteiger partial charge in [-0.05, 0) is 41.7 Å². The van der Waals surface area contributed by atoms with Crippen molar-refractivity contribution in [3.05, 3.63) is 78.4 Å². The highest BCUT2D eigenvalue weighted by Gasteiger charge is 2.13. The van der Waals surface area contributed by atoms with E-state index >= 15 is 0 Å². The number of hydrogen-bond acceptors (Lipinski definition) is 0. The van der Waals surface area contributed by atoms with E-state index in [1.807, 2.05) is 0 Å².